The number of rotatable bonds is 0. The van der Waals surface area contributed by atoms with E-state index in [9.17, 15) is 9.90 Å². The van der Waals surface area contributed by atoms with Crippen LogP contribution in [0.15, 0.2) is 42.2 Å². The van der Waals surface area contributed by atoms with Crippen molar-refractivity contribution in [1.29, 1.82) is 0 Å². The molecule has 1 unspecified atom stereocenters. The van der Waals surface area contributed by atoms with Crippen LogP contribution in [-0.2, 0) is 11.2 Å². The molecule has 0 bridgehead atoms. The van der Waals surface area contributed by atoms with Gasteiger partial charge in [0.1, 0.15) is 0 Å². The van der Waals surface area contributed by atoms with Gasteiger partial charge in [0.05, 0.1) is 11.7 Å². The van der Waals surface area contributed by atoms with Gasteiger partial charge in [0.25, 0.3) is 0 Å². The molecule has 0 aromatic heterocycles. The minimum absolute atomic E-state index is 0.139. The number of aliphatic hydroxyl groups is 1. The average molecular weight is 250 g/mol. The summed E-state index contributed by atoms with van der Waals surface area (Å²) >= 11 is 0. The fourth-order valence-corrected chi connectivity index (χ4v) is 3.09. The predicted molar refractivity (Wildman–Crippen MR) is 74.3 cm³/mol. The quantitative estimate of drug-likeness (QED) is 0.436. The fourth-order valence-electron chi connectivity index (χ4n) is 3.09. The maximum Gasteiger partial charge on any atom is 0.185 e. The number of hydrogen-bond donors (Lipinski definition) is 1. The Morgan fingerprint density at radius 2 is 2.16 bits per heavy atom. The second-order valence-corrected chi connectivity index (χ2v) is 5.14. The first-order valence-electron chi connectivity index (χ1n) is 6.36. The number of aryl methyl sites for hydroxylation is 1. The second-order valence-electron chi connectivity index (χ2n) is 5.14. The number of carbonyl (C=O) groups excluding carboxylic acids is 1. The summed E-state index contributed by atoms with van der Waals surface area (Å²) in [7, 11) is 0. The van der Waals surface area contributed by atoms with Crippen LogP contribution in [0, 0.1) is 17.8 Å². The van der Waals surface area contributed by atoms with Crippen LogP contribution in [0.1, 0.15) is 24.0 Å². The van der Waals surface area contributed by atoms with Gasteiger partial charge in [-0.15, -0.1) is 6.42 Å². The lowest BCUT2D eigenvalue weighted by atomic mass is 9.62. The van der Waals surface area contributed by atoms with Crippen molar-refractivity contribution in [2.45, 2.75) is 19.3 Å². The molecule has 1 atom stereocenters. The number of terminal acetylenes is 1. The number of aliphatic hydroxyl groups excluding tert-OH is 1. The van der Waals surface area contributed by atoms with Crippen molar-refractivity contribution in [3.8, 4) is 12.3 Å². The highest BCUT2D eigenvalue weighted by atomic mass is 16.2. The highest BCUT2D eigenvalue weighted by Gasteiger charge is 2.42. The van der Waals surface area contributed by atoms with Crippen LogP contribution in [0.5, 0.6) is 0 Å². The molecule has 0 heterocycles. The summed E-state index contributed by atoms with van der Waals surface area (Å²) in [6.45, 7) is 0. The molecule has 3 rings (SSSR count). The van der Waals surface area contributed by atoms with Gasteiger partial charge in [-0.05, 0) is 42.0 Å². The smallest absolute Gasteiger partial charge is 0.185 e. The first-order valence-corrected chi connectivity index (χ1v) is 6.36. The lowest BCUT2D eigenvalue weighted by Crippen LogP contribution is -2.31. The van der Waals surface area contributed by atoms with Crippen LogP contribution < -0.4 is 0 Å². The van der Waals surface area contributed by atoms with E-state index in [1.165, 1.54) is 5.56 Å². The molecule has 19 heavy (non-hydrogen) atoms. The van der Waals surface area contributed by atoms with Gasteiger partial charge < -0.3 is 5.11 Å². The summed E-state index contributed by atoms with van der Waals surface area (Å²) in [6.07, 6.45) is 10.4. The number of fused-ring (bicyclic) bond motifs is 3. The van der Waals surface area contributed by atoms with Crippen LogP contribution in [0.4, 0.5) is 0 Å². The molecule has 2 aliphatic rings. The molecular formula is C17H14O2. The highest BCUT2D eigenvalue weighted by Crippen LogP contribution is 2.50. The number of ketones is 1. The molecule has 0 radical (unpaired) electrons. The van der Waals surface area contributed by atoms with E-state index in [0.29, 0.717) is 12.0 Å². The molecule has 2 nitrogen and oxygen atoms in total. The second kappa shape index (κ2) is 4.13. The van der Waals surface area contributed by atoms with Gasteiger partial charge in [0, 0.05) is 5.57 Å². The number of allylic oxidation sites excluding steroid dienone is 3. The van der Waals surface area contributed by atoms with Gasteiger partial charge in [0.2, 0.25) is 0 Å². The van der Waals surface area contributed by atoms with E-state index in [-0.39, 0.29) is 5.78 Å². The zero-order chi connectivity index (χ0) is 13.5. The fraction of sp³-hybridized carbons (Fsp3) is 0.235. The van der Waals surface area contributed by atoms with Crippen LogP contribution in [0.2, 0.25) is 0 Å². The van der Waals surface area contributed by atoms with Crippen molar-refractivity contribution in [3.63, 3.8) is 0 Å². The Hall–Kier alpha value is -2.27. The molecule has 1 N–H and O–H groups in total. The molecule has 2 heteroatoms. The third kappa shape index (κ3) is 1.62. The Balaban J connectivity index is 2.24. The van der Waals surface area contributed by atoms with E-state index in [1.54, 1.807) is 6.08 Å². The monoisotopic (exact) mass is 250 g/mol. The maximum absolute atomic E-state index is 12.0. The van der Waals surface area contributed by atoms with Crippen LogP contribution in [0.3, 0.4) is 0 Å². The van der Waals surface area contributed by atoms with Crippen molar-refractivity contribution in [2.75, 3.05) is 0 Å². The lowest BCUT2D eigenvalue weighted by molar-refractivity contribution is -0.112. The highest BCUT2D eigenvalue weighted by molar-refractivity contribution is 6.11. The van der Waals surface area contributed by atoms with E-state index in [0.717, 1.165) is 30.2 Å². The summed E-state index contributed by atoms with van der Waals surface area (Å²) in [5.41, 5.74) is 3.21. The topological polar surface area (TPSA) is 37.3 Å². The Bertz CT molecular complexity index is 658. The third-order valence-electron chi connectivity index (χ3n) is 4.16. The first-order chi connectivity index (χ1) is 9.20. The Morgan fingerprint density at radius 3 is 2.89 bits per heavy atom. The van der Waals surface area contributed by atoms with Gasteiger partial charge >= 0.3 is 0 Å². The lowest BCUT2D eigenvalue weighted by Gasteiger charge is -2.39. The minimum Gasteiger partial charge on any atom is -0.515 e. The van der Waals surface area contributed by atoms with E-state index in [4.69, 9.17) is 6.42 Å². The first kappa shape index (κ1) is 11.8. The summed E-state index contributed by atoms with van der Waals surface area (Å²) < 4.78 is 0. The van der Waals surface area contributed by atoms with Gasteiger partial charge in [-0.3, -0.25) is 4.79 Å². The van der Waals surface area contributed by atoms with Gasteiger partial charge in [-0.1, -0.05) is 30.2 Å². The summed E-state index contributed by atoms with van der Waals surface area (Å²) in [4.78, 5) is 12.0. The number of hydrogen-bond acceptors (Lipinski definition) is 2. The standard InChI is InChI=1S/C17H14O2/c1-2-17-8-7-12-5-3-4-6-14(12)15(17)9-16(19)13(10-17)11-18/h1,3-6,9,11,18H,7-8,10H2. The van der Waals surface area contributed by atoms with Gasteiger partial charge in [-0.25, -0.2) is 0 Å². The van der Waals surface area contributed by atoms with Crippen molar-refractivity contribution in [3.05, 3.63) is 53.3 Å². The summed E-state index contributed by atoms with van der Waals surface area (Å²) in [5, 5.41) is 9.18. The molecule has 0 fully saturated rings. The molecule has 94 valence electrons. The molecule has 0 saturated heterocycles. The van der Waals surface area contributed by atoms with Crippen LogP contribution in [-0.4, -0.2) is 10.9 Å². The molecule has 0 saturated carbocycles. The Labute approximate surface area is 112 Å². The van der Waals surface area contributed by atoms with Gasteiger partial charge in [0.15, 0.2) is 5.78 Å². The summed E-state index contributed by atoms with van der Waals surface area (Å²) in [5.74, 6) is 2.73. The molecule has 1 aromatic carbocycles. The summed E-state index contributed by atoms with van der Waals surface area (Å²) in [6, 6.07) is 8.08. The molecule has 0 aliphatic heterocycles. The SMILES string of the molecule is C#CC12CCc3ccccc3C1=CC(=O)C(=CO)C2. The molecule has 0 spiro atoms. The average Bonchev–Trinajstić information content (AvgIpc) is 2.47. The van der Waals surface area contributed by atoms with E-state index in [1.807, 2.05) is 18.2 Å². The normalized spacial score (nSPS) is 27.2. The largest absolute Gasteiger partial charge is 0.515 e. The third-order valence-corrected chi connectivity index (χ3v) is 4.16. The van der Waals surface area contributed by atoms with Crippen LogP contribution in [0.25, 0.3) is 5.57 Å². The number of benzene rings is 1. The molecule has 2 aliphatic carbocycles. The van der Waals surface area contributed by atoms with Crippen molar-refractivity contribution in [1.82, 2.24) is 0 Å². The zero-order valence-electron chi connectivity index (χ0n) is 10.5. The Morgan fingerprint density at radius 1 is 1.37 bits per heavy atom. The van der Waals surface area contributed by atoms with Crippen LogP contribution >= 0.6 is 0 Å². The minimum atomic E-state index is -0.448. The van der Waals surface area contributed by atoms with Crippen molar-refractivity contribution in [2.24, 2.45) is 5.41 Å². The molecular weight excluding hydrogens is 236 g/mol. The predicted octanol–water partition coefficient (Wildman–Crippen LogP) is 3.05. The zero-order valence-corrected chi connectivity index (χ0v) is 10.5. The van der Waals surface area contributed by atoms with Crippen molar-refractivity contribution >= 4 is 11.4 Å². The Kier molecular flexibility index (Phi) is 2.57. The maximum atomic E-state index is 12.0. The molecule has 0 amide bonds. The molecule has 1 aromatic rings. The van der Waals surface area contributed by atoms with E-state index >= 15 is 0 Å². The van der Waals surface area contributed by atoms with E-state index < -0.39 is 5.41 Å². The van der Waals surface area contributed by atoms with E-state index in [2.05, 4.69) is 12.0 Å². The number of carbonyl (C=O) groups is 1. The van der Waals surface area contributed by atoms with Gasteiger partial charge in [-0.2, -0.15) is 0 Å². The van der Waals surface area contributed by atoms with Crippen molar-refractivity contribution < 1.29 is 9.90 Å².